The first-order valence-electron chi connectivity index (χ1n) is 8.61. The van der Waals surface area contributed by atoms with Crippen molar-refractivity contribution in [2.75, 3.05) is 11.4 Å². The average Bonchev–Trinajstić information content (AvgIpc) is 2.95. The number of benzene rings is 1. The summed E-state index contributed by atoms with van der Waals surface area (Å²) in [6.07, 6.45) is 2.45. The van der Waals surface area contributed by atoms with Crippen LogP contribution in [0.4, 0.5) is 16.3 Å². The minimum Gasteiger partial charge on any atom is -0.444 e. The van der Waals surface area contributed by atoms with Crippen molar-refractivity contribution in [1.29, 1.82) is 0 Å². The predicted molar refractivity (Wildman–Crippen MR) is 99.2 cm³/mol. The number of ether oxygens (including phenoxy) is 1. The molecule has 1 aromatic carbocycles. The van der Waals surface area contributed by atoms with Crippen LogP contribution in [0.25, 0.3) is 0 Å². The van der Waals surface area contributed by atoms with E-state index in [0.29, 0.717) is 6.54 Å². The van der Waals surface area contributed by atoms with Crippen molar-refractivity contribution in [3.63, 3.8) is 0 Å². The van der Waals surface area contributed by atoms with Crippen LogP contribution in [0.5, 0.6) is 0 Å². The molecule has 132 valence electrons. The second kappa shape index (κ2) is 6.75. The Morgan fingerprint density at radius 2 is 2.08 bits per heavy atom. The van der Waals surface area contributed by atoms with Gasteiger partial charge >= 0.3 is 6.09 Å². The average molecular weight is 339 g/mol. The first-order chi connectivity index (χ1) is 11.8. The van der Waals surface area contributed by atoms with Crippen LogP contribution in [0.1, 0.15) is 37.5 Å². The first kappa shape index (κ1) is 17.3. The topological polar surface area (TPSA) is 54.5 Å². The van der Waals surface area contributed by atoms with Crippen LogP contribution in [0.3, 0.4) is 0 Å². The highest BCUT2D eigenvalue weighted by molar-refractivity contribution is 5.70. The van der Waals surface area contributed by atoms with E-state index in [2.05, 4.69) is 52.5 Å². The van der Waals surface area contributed by atoms with Crippen LogP contribution in [0.2, 0.25) is 0 Å². The first-order valence-corrected chi connectivity index (χ1v) is 8.61. The van der Waals surface area contributed by atoms with Gasteiger partial charge in [0, 0.05) is 25.0 Å². The molecule has 0 atom stereocenters. The van der Waals surface area contributed by atoms with Crippen LogP contribution in [0.15, 0.2) is 36.5 Å². The van der Waals surface area contributed by atoms with Crippen LogP contribution >= 0.6 is 0 Å². The third-order valence-electron chi connectivity index (χ3n) is 4.09. The number of pyridine rings is 1. The molecule has 1 amide bonds. The number of hydrogen-bond donors (Lipinski definition) is 1. The number of alkyl carbamates (subject to hydrolysis) is 1. The molecule has 1 N–H and O–H groups in total. The molecule has 2 heterocycles. The molecule has 0 unspecified atom stereocenters. The number of amides is 1. The Bertz CT molecular complexity index is 781. The maximum atomic E-state index is 11.8. The fourth-order valence-corrected chi connectivity index (χ4v) is 3.05. The largest absolute Gasteiger partial charge is 0.444 e. The molecule has 1 aliphatic rings. The molecular weight excluding hydrogens is 314 g/mol. The van der Waals surface area contributed by atoms with Gasteiger partial charge in [-0.1, -0.05) is 18.2 Å². The fourth-order valence-electron chi connectivity index (χ4n) is 3.05. The molecule has 0 spiro atoms. The zero-order chi connectivity index (χ0) is 18.0. The van der Waals surface area contributed by atoms with Gasteiger partial charge in [-0.3, -0.25) is 0 Å². The molecule has 5 nitrogen and oxygen atoms in total. The van der Waals surface area contributed by atoms with Crippen molar-refractivity contribution in [2.24, 2.45) is 0 Å². The maximum absolute atomic E-state index is 11.8. The molecule has 0 saturated carbocycles. The zero-order valence-corrected chi connectivity index (χ0v) is 15.3. The smallest absolute Gasteiger partial charge is 0.407 e. The summed E-state index contributed by atoms with van der Waals surface area (Å²) in [5.41, 5.74) is 4.16. The number of carbonyl (C=O) groups is 1. The number of para-hydroxylation sites is 1. The van der Waals surface area contributed by atoms with Crippen molar-refractivity contribution in [3.8, 4) is 0 Å². The second-order valence-electron chi connectivity index (χ2n) is 7.37. The molecule has 5 heteroatoms. The van der Waals surface area contributed by atoms with E-state index in [4.69, 9.17) is 4.74 Å². The third-order valence-corrected chi connectivity index (χ3v) is 4.09. The van der Waals surface area contributed by atoms with Crippen LogP contribution in [-0.2, 0) is 17.7 Å². The van der Waals surface area contributed by atoms with E-state index in [1.54, 1.807) is 0 Å². The summed E-state index contributed by atoms with van der Waals surface area (Å²) in [4.78, 5) is 18.7. The number of rotatable bonds is 3. The minimum absolute atomic E-state index is 0.402. The molecule has 2 aromatic rings. The summed E-state index contributed by atoms with van der Waals surface area (Å²) in [5, 5.41) is 2.77. The van der Waals surface area contributed by atoms with E-state index in [1.807, 2.05) is 27.0 Å². The standard InChI is InChI=1S/C20H25N3O2/c1-14-11-15(13-22-19(24)25-20(2,3)4)12-21-18(14)23-10-9-16-7-5-6-8-17(16)23/h5-8,11-12H,9-10,13H2,1-4H3,(H,22,24). The minimum atomic E-state index is -0.495. The van der Waals surface area contributed by atoms with Gasteiger partial charge in [-0.15, -0.1) is 0 Å². The predicted octanol–water partition coefficient (Wildman–Crippen LogP) is 4.11. The summed E-state index contributed by atoms with van der Waals surface area (Å²) < 4.78 is 5.26. The number of fused-ring (bicyclic) bond motifs is 1. The van der Waals surface area contributed by atoms with E-state index in [9.17, 15) is 4.79 Å². The fraction of sp³-hybridized carbons (Fsp3) is 0.400. The summed E-state index contributed by atoms with van der Waals surface area (Å²) >= 11 is 0. The van der Waals surface area contributed by atoms with Gasteiger partial charge in [0.1, 0.15) is 11.4 Å². The Balaban J connectivity index is 1.69. The van der Waals surface area contributed by atoms with E-state index in [0.717, 1.165) is 29.9 Å². The van der Waals surface area contributed by atoms with Gasteiger partial charge in [-0.05, 0) is 62.9 Å². The van der Waals surface area contributed by atoms with Gasteiger partial charge in [0.05, 0.1) is 0 Å². The highest BCUT2D eigenvalue weighted by Gasteiger charge is 2.22. The van der Waals surface area contributed by atoms with Crippen LogP contribution in [-0.4, -0.2) is 23.2 Å². The molecule has 25 heavy (non-hydrogen) atoms. The van der Waals surface area contributed by atoms with E-state index >= 15 is 0 Å². The second-order valence-corrected chi connectivity index (χ2v) is 7.37. The molecular formula is C20H25N3O2. The highest BCUT2D eigenvalue weighted by atomic mass is 16.6. The Morgan fingerprint density at radius 1 is 1.32 bits per heavy atom. The monoisotopic (exact) mass is 339 g/mol. The van der Waals surface area contributed by atoms with Crippen molar-refractivity contribution in [2.45, 2.75) is 46.3 Å². The molecule has 0 saturated heterocycles. The van der Waals surface area contributed by atoms with Crippen LogP contribution in [0, 0.1) is 6.92 Å². The lowest BCUT2D eigenvalue weighted by Crippen LogP contribution is -2.32. The molecule has 0 fully saturated rings. The third kappa shape index (κ3) is 4.10. The molecule has 3 rings (SSSR count). The molecule has 0 aliphatic carbocycles. The number of nitrogens with zero attached hydrogens (tertiary/aromatic N) is 2. The lowest BCUT2D eigenvalue weighted by atomic mass is 10.1. The summed E-state index contributed by atoms with van der Waals surface area (Å²) in [6.45, 7) is 8.95. The number of carbonyl (C=O) groups excluding carboxylic acids is 1. The maximum Gasteiger partial charge on any atom is 0.407 e. The number of anilines is 2. The van der Waals surface area contributed by atoms with Crippen molar-refractivity contribution < 1.29 is 9.53 Å². The lowest BCUT2D eigenvalue weighted by molar-refractivity contribution is 0.0523. The highest BCUT2D eigenvalue weighted by Crippen LogP contribution is 2.34. The Hall–Kier alpha value is -2.56. The van der Waals surface area contributed by atoms with Crippen LogP contribution < -0.4 is 10.2 Å². The van der Waals surface area contributed by atoms with Gasteiger partial charge < -0.3 is 15.0 Å². The Labute approximate surface area is 149 Å². The Kier molecular flexibility index (Phi) is 4.66. The number of aryl methyl sites for hydroxylation is 1. The quantitative estimate of drug-likeness (QED) is 0.914. The van der Waals surface area contributed by atoms with Gasteiger partial charge in [0.25, 0.3) is 0 Å². The summed E-state index contributed by atoms with van der Waals surface area (Å²) in [7, 11) is 0. The molecule has 1 aliphatic heterocycles. The SMILES string of the molecule is Cc1cc(CNC(=O)OC(C)(C)C)cnc1N1CCc2ccccc21. The number of hydrogen-bond acceptors (Lipinski definition) is 4. The van der Waals surface area contributed by atoms with Gasteiger partial charge in [-0.25, -0.2) is 9.78 Å². The van der Waals surface area contributed by atoms with E-state index < -0.39 is 11.7 Å². The normalized spacial score (nSPS) is 13.5. The molecule has 0 bridgehead atoms. The van der Waals surface area contributed by atoms with E-state index in [1.165, 1.54) is 11.3 Å². The van der Waals surface area contributed by atoms with Crippen molar-refractivity contribution in [1.82, 2.24) is 10.3 Å². The van der Waals surface area contributed by atoms with Gasteiger partial charge in [0.2, 0.25) is 0 Å². The van der Waals surface area contributed by atoms with Gasteiger partial charge in [0.15, 0.2) is 0 Å². The number of aromatic nitrogens is 1. The van der Waals surface area contributed by atoms with Crippen molar-refractivity contribution >= 4 is 17.6 Å². The Morgan fingerprint density at radius 3 is 2.80 bits per heavy atom. The number of nitrogens with one attached hydrogen (secondary N) is 1. The van der Waals surface area contributed by atoms with Gasteiger partial charge in [-0.2, -0.15) is 0 Å². The molecule has 0 radical (unpaired) electrons. The summed E-state index contributed by atoms with van der Waals surface area (Å²) in [5.74, 6) is 0.978. The van der Waals surface area contributed by atoms with E-state index in [-0.39, 0.29) is 0 Å². The lowest BCUT2D eigenvalue weighted by Gasteiger charge is -2.21. The molecule has 1 aromatic heterocycles. The van der Waals surface area contributed by atoms with Crippen molar-refractivity contribution in [3.05, 3.63) is 53.2 Å². The summed E-state index contributed by atoms with van der Waals surface area (Å²) in [6, 6.07) is 10.5. The zero-order valence-electron chi connectivity index (χ0n) is 15.3.